The first kappa shape index (κ1) is 22.0. The number of rotatable bonds is 9. The lowest BCUT2D eigenvalue weighted by Gasteiger charge is -2.12. The van der Waals surface area contributed by atoms with Crippen LogP contribution in [-0.4, -0.2) is 24.5 Å². The number of ether oxygens (including phenoxy) is 1. The Balaban J connectivity index is 1.98. The first-order valence-corrected chi connectivity index (χ1v) is 10.4. The van der Waals surface area contributed by atoms with Crippen molar-refractivity contribution in [1.82, 2.24) is 5.32 Å². The number of halogens is 1. The number of amides is 2. The van der Waals surface area contributed by atoms with Crippen LogP contribution in [0.15, 0.2) is 46.9 Å². The van der Waals surface area contributed by atoms with E-state index in [2.05, 4.69) is 33.5 Å². The highest BCUT2D eigenvalue weighted by Gasteiger charge is 2.11. The minimum absolute atomic E-state index is 0.116. The van der Waals surface area contributed by atoms with Crippen molar-refractivity contribution in [3.63, 3.8) is 0 Å². The van der Waals surface area contributed by atoms with Crippen LogP contribution in [0.1, 0.15) is 60.7 Å². The zero-order valence-electron chi connectivity index (χ0n) is 16.5. The van der Waals surface area contributed by atoms with E-state index in [1.807, 2.05) is 13.8 Å². The molecule has 0 aliphatic rings. The van der Waals surface area contributed by atoms with Gasteiger partial charge in [0.15, 0.2) is 0 Å². The normalized spacial score (nSPS) is 11.6. The second kappa shape index (κ2) is 10.9. The summed E-state index contributed by atoms with van der Waals surface area (Å²) in [4.78, 5) is 24.6. The number of nitrogens with one attached hydrogen (secondary N) is 2. The fraction of sp³-hybridized carbons (Fsp3) is 0.364. The molecule has 1 unspecified atom stereocenters. The summed E-state index contributed by atoms with van der Waals surface area (Å²) in [7, 11) is 0. The number of anilines is 1. The second-order valence-electron chi connectivity index (χ2n) is 6.66. The number of benzene rings is 2. The van der Waals surface area contributed by atoms with Gasteiger partial charge >= 0.3 is 0 Å². The first-order chi connectivity index (χ1) is 13.4. The highest BCUT2D eigenvalue weighted by Crippen LogP contribution is 2.26. The molecule has 0 heterocycles. The van der Waals surface area contributed by atoms with Crippen LogP contribution in [0.3, 0.4) is 0 Å². The lowest BCUT2D eigenvalue weighted by molar-refractivity contribution is 0.0938. The molecule has 0 fully saturated rings. The fourth-order valence-electron chi connectivity index (χ4n) is 2.40. The molecule has 2 aromatic carbocycles. The Labute approximate surface area is 175 Å². The molecule has 2 rings (SSSR count). The molecule has 0 radical (unpaired) electrons. The fourth-order valence-corrected chi connectivity index (χ4v) is 2.90. The van der Waals surface area contributed by atoms with Gasteiger partial charge in [-0.15, -0.1) is 0 Å². The van der Waals surface area contributed by atoms with Crippen LogP contribution in [0.5, 0.6) is 5.75 Å². The van der Waals surface area contributed by atoms with E-state index in [9.17, 15) is 9.59 Å². The van der Waals surface area contributed by atoms with Crippen molar-refractivity contribution >= 4 is 33.4 Å². The third kappa shape index (κ3) is 6.37. The lowest BCUT2D eigenvalue weighted by atomic mass is 10.1. The Hall–Kier alpha value is -2.34. The van der Waals surface area contributed by atoms with Gasteiger partial charge in [0.05, 0.1) is 11.1 Å². The van der Waals surface area contributed by atoms with E-state index in [1.54, 1.807) is 42.5 Å². The largest absolute Gasteiger partial charge is 0.492 e. The van der Waals surface area contributed by atoms with Crippen molar-refractivity contribution in [2.24, 2.45) is 0 Å². The second-order valence-corrected chi connectivity index (χ2v) is 7.52. The summed E-state index contributed by atoms with van der Waals surface area (Å²) in [6.45, 7) is 6.74. The van der Waals surface area contributed by atoms with Crippen LogP contribution in [0, 0.1) is 0 Å². The summed E-state index contributed by atoms with van der Waals surface area (Å²) in [6.07, 6.45) is 2.92. The molecule has 6 heteroatoms. The summed E-state index contributed by atoms with van der Waals surface area (Å²) in [5, 5.41) is 5.76. The summed E-state index contributed by atoms with van der Waals surface area (Å²) < 4.78 is 6.43. The third-order valence-corrected chi connectivity index (χ3v) is 4.96. The Morgan fingerprint density at radius 3 is 2.32 bits per heavy atom. The molecule has 0 saturated carbocycles. The Morgan fingerprint density at radius 2 is 1.71 bits per heavy atom. The molecule has 0 spiro atoms. The molecular weight excluding hydrogens is 420 g/mol. The van der Waals surface area contributed by atoms with E-state index in [0.29, 0.717) is 23.4 Å². The minimum atomic E-state index is -0.224. The van der Waals surface area contributed by atoms with Gasteiger partial charge in [-0.25, -0.2) is 0 Å². The first-order valence-electron chi connectivity index (χ1n) is 9.59. The zero-order chi connectivity index (χ0) is 20.5. The quantitative estimate of drug-likeness (QED) is 0.506. The van der Waals surface area contributed by atoms with E-state index < -0.39 is 0 Å². The van der Waals surface area contributed by atoms with E-state index >= 15 is 0 Å². The highest BCUT2D eigenvalue weighted by molar-refractivity contribution is 9.10. The van der Waals surface area contributed by atoms with Crippen LogP contribution in [0.4, 0.5) is 5.69 Å². The molecule has 2 N–H and O–H groups in total. The third-order valence-electron chi connectivity index (χ3n) is 4.34. The standard InChI is InChI=1S/C22H27BrN2O3/c1-4-6-13-28-20-12-9-17(14-19(20)23)22(27)25-18-10-7-16(8-11-18)21(26)24-15(3)5-2/h7-12,14-15H,4-6,13H2,1-3H3,(H,24,26)(H,25,27). The van der Waals surface area contributed by atoms with Crippen molar-refractivity contribution in [3.8, 4) is 5.75 Å². The van der Waals surface area contributed by atoms with Gasteiger partial charge in [-0.2, -0.15) is 0 Å². The predicted octanol–water partition coefficient (Wildman–Crippen LogP) is 5.41. The van der Waals surface area contributed by atoms with Crippen molar-refractivity contribution in [3.05, 3.63) is 58.1 Å². The number of hydrogen-bond donors (Lipinski definition) is 2. The van der Waals surface area contributed by atoms with Gasteiger partial charge < -0.3 is 15.4 Å². The smallest absolute Gasteiger partial charge is 0.255 e. The monoisotopic (exact) mass is 446 g/mol. The zero-order valence-corrected chi connectivity index (χ0v) is 18.1. The summed E-state index contributed by atoms with van der Waals surface area (Å²) in [5.74, 6) is 0.383. The Morgan fingerprint density at radius 1 is 1.04 bits per heavy atom. The molecule has 5 nitrogen and oxygen atoms in total. The maximum Gasteiger partial charge on any atom is 0.255 e. The van der Waals surface area contributed by atoms with E-state index in [0.717, 1.165) is 29.5 Å². The molecule has 2 aromatic rings. The molecule has 0 saturated heterocycles. The van der Waals surface area contributed by atoms with Crippen LogP contribution in [0.25, 0.3) is 0 Å². The molecule has 0 aliphatic carbocycles. The van der Waals surface area contributed by atoms with Gasteiger partial charge in [0, 0.05) is 22.9 Å². The van der Waals surface area contributed by atoms with Gasteiger partial charge in [0.25, 0.3) is 11.8 Å². The molecule has 1 atom stereocenters. The highest BCUT2D eigenvalue weighted by atomic mass is 79.9. The molecule has 0 bridgehead atoms. The van der Waals surface area contributed by atoms with Crippen molar-refractivity contribution in [2.75, 3.05) is 11.9 Å². The van der Waals surface area contributed by atoms with Crippen LogP contribution in [-0.2, 0) is 0 Å². The lowest BCUT2D eigenvalue weighted by Crippen LogP contribution is -2.31. The van der Waals surface area contributed by atoms with Crippen molar-refractivity contribution < 1.29 is 14.3 Å². The Kier molecular flexibility index (Phi) is 8.51. The maximum atomic E-state index is 12.5. The molecule has 0 aliphatic heterocycles. The van der Waals surface area contributed by atoms with Gasteiger partial charge in [-0.1, -0.05) is 20.3 Å². The summed E-state index contributed by atoms with van der Waals surface area (Å²) >= 11 is 3.45. The van der Waals surface area contributed by atoms with E-state index in [-0.39, 0.29) is 17.9 Å². The molecule has 0 aromatic heterocycles. The number of unbranched alkanes of at least 4 members (excludes halogenated alkanes) is 1. The van der Waals surface area contributed by atoms with Crippen LogP contribution >= 0.6 is 15.9 Å². The van der Waals surface area contributed by atoms with Crippen LogP contribution < -0.4 is 15.4 Å². The van der Waals surface area contributed by atoms with Gasteiger partial charge in [-0.3, -0.25) is 9.59 Å². The molecule has 28 heavy (non-hydrogen) atoms. The Bertz CT molecular complexity index is 806. The minimum Gasteiger partial charge on any atom is -0.492 e. The summed E-state index contributed by atoms with van der Waals surface area (Å²) in [6, 6.07) is 12.2. The average molecular weight is 447 g/mol. The van der Waals surface area contributed by atoms with E-state index in [4.69, 9.17) is 4.74 Å². The molecule has 2 amide bonds. The van der Waals surface area contributed by atoms with Gasteiger partial charge in [0.2, 0.25) is 0 Å². The average Bonchev–Trinajstić information content (AvgIpc) is 2.69. The number of carbonyl (C=O) groups is 2. The van der Waals surface area contributed by atoms with Crippen LogP contribution in [0.2, 0.25) is 0 Å². The number of hydrogen-bond acceptors (Lipinski definition) is 3. The van der Waals surface area contributed by atoms with Gasteiger partial charge in [0.1, 0.15) is 5.75 Å². The molecular formula is C22H27BrN2O3. The maximum absolute atomic E-state index is 12.5. The number of carbonyl (C=O) groups excluding carboxylic acids is 2. The van der Waals surface area contributed by atoms with E-state index in [1.165, 1.54) is 0 Å². The van der Waals surface area contributed by atoms with Gasteiger partial charge in [-0.05, 0) is 78.2 Å². The van der Waals surface area contributed by atoms with Crippen molar-refractivity contribution in [1.29, 1.82) is 0 Å². The summed E-state index contributed by atoms with van der Waals surface area (Å²) in [5.41, 5.74) is 1.72. The SMILES string of the molecule is CCCCOc1ccc(C(=O)Nc2ccc(C(=O)NC(C)CC)cc2)cc1Br. The van der Waals surface area contributed by atoms with Crippen molar-refractivity contribution in [2.45, 2.75) is 46.1 Å². The molecule has 150 valence electrons. The topological polar surface area (TPSA) is 67.4 Å². The predicted molar refractivity (Wildman–Crippen MR) is 116 cm³/mol.